The third-order valence-corrected chi connectivity index (χ3v) is 2.26. The van der Waals surface area contributed by atoms with E-state index in [1.165, 1.54) is 6.07 Å². The molecule has 0 heterocycles. The molecule has 0 amide bonds. The van der Waals surface area contributed by atoms with E-state index in [-0.39, 0.29) is 5.82 Å². The SMILES string of the molecule is Cc1cc(Cl)c(NCCCN)cc1F. The summed E-state index contributed by atoms with van der Waals surface area (Å²) in [6.45, 7) is 3.00. The van der Waals surface area contributed by atoms with Crippen LogP contribution in [0.5, 0.6) is 0 Å². The van der Waals surface area contributed by atoms with Crippen LogP contribution >= 0.6 is 11.6 Å². The smallest absolute Gasteiger partial charge is 0.128 e. The van der Waals surface area contributed by atoms with Gasteiger partial charge < -0.3 is 11.1 Å². The number of benzene rings is 1. The first kappa shape index (κ1) is 11.3. The molecule has 3 N–H and O–H groups in total. The van der Waals surface area contributed by atoms with Crippen LogP contribution in [-0.2, 0) is 0 Å². The summed E-state index contributed by atoms with van der Waals surface area (Å²) in [4.78, 5) is 0. The Bertz CT molecular complexity index is 315. The number of anilines is 1. The summed E-state index contributed by atoms with van der Waals surface area (Å²) in [6.07, 6.45) is 0.839. The number of hydrogen-bond donors (Lipinski definition) is 2. The van der Waals surface area contributed by atoms with E-state index in [9.17, 15) is 4.39 Å². The molecule has 0 aromatic heterocycles. The van der Waals surface area contributed by atoms with Gasteiger partial charge in [0.05, 0.1) is 10.7 Å². The zero-order chi connectivity index (χ0) is 10.6. The van der Waals surface area contributed by atoms with Gasteiger partial charge in [0.1, 0.15) is 5.82 Å². The maximum Gasteiger partial charge on any atom is 0.128 e. The molecule has 0 saturated heterocycles. The van der Waals surface area contributed by atoms with Gasteiger partial charge in [-0.3, -0.25) is 0 Å². The molecular weight excluding hydrogens is 203 g/mol. The molecule has 4 heteroatoms. The molecule has 0 aliphatic carbocycles. The van der Waals surface area contributed by atoms with E-state index in [2.05, 4.69) is 5.32 Å². The van der Waals surface area contributed by atoms with Crippen molar-refractivity contribution in [3.63, 3.8) is 0 Å². The van der Waals surface area contributed by atoms with Crippen molar-refractivity contribution in [2.45, 2.75) is 13.3 Å². The van der Waals surface area contributed by atoms with Gasteiger partial charge in [0.15, 0.2) is 0 Å². The minimum absolute atomic E-state index is 0.246. The molecule has 0 aliphatic heterocycles. The highest BCUT2D eigenvalue weighted by Crippen LogP contribution is 2.24. The first-order chi connectivity index (χ1) is 6.65. The molecule has 0 aliphatic rings. The van der Waals surface area contributed by atoms with Gasteiger partial charge in [0.25, 0.3) is 0 Å². The number of nitrogens with one attached hydrogen (secondary N) is 1. The summed E-state index contributed by atoms with van der Waals surface area (Å²) >= 11 is 5.92. The van der Waals surface area contributed by atoms with Crippen LogP contribution < -0.4 is 11.1 Å². The lowest BCUT2D eigenvalue weighted by Gasteiger charge is -2.08. The second-order valence-electron chi connectivity index (χ2n) is 3.15. The van der Waals surface area contributed by atoms with E-state index in [4.69, 9.17) is 17.3 Å². The summed E-state index contributed by atoms with van der Waals surface area (Å²) in [5, 5.41) is 3.57. The summed E-state index contributed by atoms with van der Waals surface area (Å²) in [6, 6.07) is 3.02. The summed E-state index contributed by atoms with van der Waals surface area (Å²) in [5.74, 6) is -0.246. The molecule has 1 aromatic rings. The lowest BCUT2D eigenvalue weighted by atomic mass is 10.2. The fraction of sp³-hybridized carbons (Fsp3) is 0.400. The second-order valence-corrected chi connectivity index (χ2v) is 3.56. The molecule has 1 aromatic carbocycles. The largest absolute Gasteiger partial charge is 0.384 e. The van der Waals surface area contributed by atoms with Crippen LogP contribution in [0.1, 0.15) is 12.0 Å². The van der Waals surface area contributed by atoms with Gasteiger partial charge in [-0.2, -0.15) is 0 Å². The van der Waals surface area contributed by atoms with Gasteiger partial charge in [-0.15, -0.1) is 0 Å². The van der Waals surface area contributed by atoms with Gasteiger partial charge in [0.2, 0.25) is 0 Å². The highest BCUT2D eigenvalue weighted by Gasteiger charge is 2.04. The Kier molecular flexibility index (Phi) is 4.17. The number of hydrogen-bond acceptors (Lipinski definition) is 2. The maximum absolute atomic E-state index is 13.1. The zero-order valence-corrected chi connectivity index (χ0v) is 8.87. The number of nitrogens with two attached hydrogens (primary N) is 1. The molecular formula is C10H14ClFN2. The predicted octanol–water partition coefficient (Wildman–Crippen LogP) is 2.55. The first-order valence-corrected chi connectivity index (χ1v) is 4.92. The van der Waals surface area contributed by atoms with Crippen LogP contribution in [0, 0.1) is 12.7 Å². The van der Waals surface area contributed by atoms with Crippen LogP contribution in [0.25, 0.3) is 0 Å². The molecule has 0 atom stereocenters. The molecule has 0 bridgehead atoms. The number of halogens is 2. The Balaban J connectivity index is 2.72. The minimum Gasteiger partial charge on any atom is -0.384 e. The van der Waals surface area contributed by atoms with Crippen molar-refractivity contribution >= 4 is 17.3 Å². The topological polar surface area (TPSA) is 38.0 Å². The summed E-state index contributed by atoms with van der Waals surface area (Å²) < 4.78 is 13.1. The second kappa shape index (κ2) is 5.17. The summed E-state index contributed by atoms with van der Waals surface area (Å²) in [7, 11) is 0. The van der Waals surface area contributed by atoms with E-state index >= 15 is 0 Å². The van der Waals surface area contributed by atoms with Gasteiger partial charge in [-0.05, 0) is 37.6 Å². The minimum atomic E-state index is -0.246. The van der Waals surface area contributed by atoms with E-state index in [0.717, 1.165) is 6.42 Å². The molecule has 14 heavy (non-hydrogen) atoms. The third kappa shape index (κ3) is 2.86. The standard InChI is InChI=1S/C10H14ClFN2/c1-7-5-8(11)10(6-9(7)12)14-4-2-3-13/h5-6,14H,2-4,13H2,1H3. The van der Waals surface area contributed by atoms with Crippen molar-refractivity contribution in [2.75, 3.05) is 18.4 Å². The van der Waals surface area contributed by atoms with E-state index in [1.807, 2.05) is 0 Å². The Labute approximate surface area is 88.2 Å². The lowest BCUT2D eigenvalue weighted by Crippen LogP contribution is -2.08. The average molecular weight is 217 g/mol. The van der Waals surface area contributed by atoms with Crippen molar-refractivity contribution in [2.24, 2.45) is 5.73 Å². The van der Waals surface area contributed by atoms with Crippen molar-refractivity contribution in [3.05, 3.63) is 28.5 Å². The molecule has 0 radical (unpaired) electrons. The molecule has 2 nitrogen and oxygen atoms in total. The monoisotopic (exact) mass is 216 g/mol. The van der Waals surface area contributed by atoms with Gasteiger partial charge >= 0.3 is 0 Å². The average Bonchev–Trinajstić information content (AvgIpc) is 2.14. The van der Waals surface area contributed by atoms with Crippen LogP contribution in [0.3, 0.4) is 0 Å². The van der Waals surface area contributed by atoms with Crippen LogP contribution in [0.2, 0.25) is 5.02 Å². The summed E-state index contributed by atoms with van der Waals surface area (Å²) in [5.41, 5.74) is 6.52. The van der Waals surface area contributed by atoms with E-state index < -0.39 is 0 Å². The van der Waals surface area contributed by atoms with Gasteiger partial charge in [-0.1, -0.05) is 11.6 Å². The van der Waals surface area contributed by atoms with Crippen molar-refractivity contribution in [1.29, 1.82) is 0 Å². The first-order valence-electron chi connectivity index (χ1n) is 4.54. The third-order valence-electron chi connectivity index (χ3n) is 1.94. The Morgan fingerprint density at radius 1 is 1.50 bits per heavy atom. The number of rotatable bonds is 4. The van der Waals surface area contributed by atoms with Gasteiger partial charge in [0, 0.05) is 6.54 Å². The highest BCUT2D eigenvalue weighted by atomic mass is 35.5. The zero-order valence-electron chi connectivity index (χ0n) is 8.11. The predicted molar refractivity (Wildman–Crippen MR) is 58.3 cm³/mol. The molecule has 0 saturated carbocycles. The lowest BCUT2D eigenvalue weighted by molar-refractivity contribution is 0.619. The molecule has 0 fully saturated rings. The molecule has 0 spiro atoms. The van der Waals surface area contributed by atoms with Crippen LogP contribution in [-0.4, -0.2) is 13.1 Å². The fourth-order valence-corrected chi connectivity index (χ4v) is 1.39. The maximum atomic E-state index is 13.1. The highest BCUT2D eigenvalue weighted by molar-refractivity contribution is 6.33. The molecule has 1 rings (SSSR count). The van der Waals surface area contributed by atoms with E-state index in [0.29, 0.717) is 29.4 Å². The van der Waals surface area contributed by atoms with Crippen molar-refractivity contribution in [3.8, 4) is 0 Å². The van der Waals surface area contributed by atoms with Crippen LogP contribution in [0.4, 0.5) is 10.1 Å². The normalized spacial score (nSPS) is 10.3. The Morgan fingerprint density at radius 3 is 2.86 bits per heavy atom. The van der Waals surface area contributed by atoms with Crippen LogP contribution in [0.15, 0.2) is 12.1 Å². The number of aryl methyl sites for hydroxylation is 1. The van der Waals surface area contributed by atoms with Crippen molar-refractivity contribution < 1.29 is 4.39 Å². The fourth-order valence-electron chi connectivity index (χ4n) is 1.11. The Morgan fingerprint density at radius 2 is 2.21 bits per heavy atom. The Hall–Kier alpha value is -0.800. The van der Waals surface area contributed by atoms with Crippen molar-refractivity contribution in [1.82, 2.24) is 0 Å². The molecule has 0 unspecified atom stereocenters. The van der Waals surface area contributed by atoms with E-state index in [1.54, 1.807) is 13.0 Å². The quantitative estimate of drug-likeness (QED) is 0.760. The molecule has 78 valence electrons. The van der Waals surface area contributed by atoms with Gasteiger partial charge in [-0.25, -0.2) is 4.39 Å².